The van der Waals surface area contributed by atoms with E-state index in [0.29, 0.717) is 11.5 Å². The van der Waals surface area contributed by atoms with Crippen molar-refractivity contribution in [2.45, 2.75) is 13.0 Å². The molecule has 1 aliphatic heterocycles. The number of aromatic hydroxyl groups is 2. The summed E-state index contributed by atoms with van der Waals surface area (Å²) in [6, 6.07) is 9.23. The molecule has 0 saturated heterocycles. The third-order valence-electron chi connectivity index (χ3n) is 4.60. The molecule has 0 saturated carbocycles. The zero-order chi connectivity index (χ0) is 20.4. The van der Waals surface area contributed by atoms with Gasteiger partial charge in [0.2, 0.25) is 5.69 Å². The van der Waals surface area contributed by atoms with Gasteiger partial charge in [-0.15, -0.1) is 0 Å². The van der Waals surface area contributed by atoms with Crippen molar-refractivity contribution in [2.75, 3.05) is 14.2 Å². The summed E-state index contributed by atoms with van der Waals surface area (Å²) in [5, 5.41) is 21.6. The molecule has 1 atom stereocenters. The second-order valence-corrected chi connectivity index (χ2v) is 6.56. The molecule has 4 rings (SSSR count). The van der Waals surface area contributed by atoms with Gasteiger partial charge in [0, 0.05) is 12.5 Å². The fourth-order valence-electron chi connectivity index (χ4n) is 3.40. The molecular formula is C19H19NO7S. The number of benzene rings is 2. The number of methoxy groups -OCH3 is 2. The number of phenolic OH excluding ortho intramolecular Hbond substituents is 2. The zero-order valence-corrected chi connectivity index (χ0v) is 16.0. The standard InChI is InChI=1S/C19H17NO4.H2O3S/c1-23-18-4-3-11-7-15-13-9-17(22)16(21)8-12(13)5-6-20(15)10-14(11)19(18)24-2;1-4(2)3/h3-4,7-10,22H,5-6H2,1-2H3;(H2,1,2,3). The third-order valence-corrected chi connectivity index (χ3v) is 4.60. The first kappa shape index (κ1) is 19.9. The highest BCUT2D eigenvalue weighted by atomic mass is 32.2. The summed E-state index contributed by atoms with van der Waals surface area (Å²) in [6.45, 7) is 0.794. The van der Waals surface area contributed by atoms with Crippen molar-refractivity contribution in [1.29, 1.82) is 0 Å². The van der Waals surface area contributed by atoms with Crippen LogP contribution in [0, 0.1) is 0 Å². The Labute approximate surface area is 163 Å². The van der Waals surface area contributed by atoms with Gasteiger partial charge in [-0.25, -0.2) is 4.21 Å². The number of hydrogen-bond acceptors (Lipinski definition) is 6. The Morgan fingerprint density at radius 2 is 1.79 bits per heavy atom. The molecule has 1 unspecified atom stereocenters. The molecule has 28 heavy (non-hydrogen) atoms. The fourth-order valence-corrected chi connectivity index (χ4v) is 3.40. The number of phenols is 2. The van der Waals surface area contributed by atoms with Crippen molar-refractivity contribution in [3.8, 4) is 34.3 Å². The van der Waals surface area contributed by atoms with Crippen molar-refractivity contribution >= 4 is 22.1 Å². The second-order valence-electron chi connectivity index (χ2n) is 6.12. The number of aryl methyl sites for hydroxylation is 2. The molecule has 2 aromatic carbocycles. The third kappa shape index (κ3) is 3.72. The van der Waals surface area contributed by atoms with Crippen LogP contribution in [0.1, 0.15) is 5.56 Å². The van der Waals surface area contributed by atoms with E-state index in [-0.39, 0.29) is 11.5 Å². The number of fused-ring (bicyclic) bond motifs is 4. The lowest BCUT2D eigenvalue weighted by Crippen LogP contribution is -2.40. The molecule has 8 nitrogen and oxygen atoms in total. The van der Waals surface area contributed by atoms with E-state index >= 15 is 0 Å². The van der Waals surface area contributed by atoms with E-state index in [1.165, 1.54) is 0 Å². The molecule has 148 valence electrons. The van der Waals surface area contributed by atoms with Gasteiger partial charge in [0.25, 0.3) is 0 Å². The maximum absolute atomic E-state index is 9.87. The Morgan fingerprint density at radius 1 is 1.11 bits per heavy atom. The number of aromatic nitrogens is 1. The van der Waals surface area contributed by atoms with Gasteiger partial charge in [0.05, 0.1) is 36.5 Å². The Kier molecular flexibility index (Phi) is 5.68. The minimum absolute atomic E-state index is 0.0746. The lowest BCUT2D eigenvalue weighted by atomic mass is 9.95. The molecule has 1 aliphatic rings. The van der Waals surface area contributed by atoms with Gasteiger partial charge < -0.3 is 28.8 Å². The number of pyridine rings is 1. The highest BCUT2D eigenvalue weighted by Crippen LogP contribution is 2.39. The van der Waals surface area contributed by atoms with Gasteiger partial charge in [-0.05, 0) is 35.2 Å². The van der Waals surface area contributed by atoms with E-state index < -0.39 is 11.4 Å². The molecule has 0 radical (unpaired) electrons. The van der Waals surface area contributed by atoms with Crippen LogP contribution in [0.3, 0.4) is 0 Å². The van der Waals surface area contributed by atoms with Gasteiger partial charge in [-0.3, -0.25) is 0 Å². The number of nitrogens with zero attached hydrogens (tertiary/aromatic N) is 1. The smallest absolute Gasteiger partial charge is 0.213 e. The summed E-state index contributed by atoms with van der Waals surface area (Å²) >= 11 is -2.86. The summed E-state index contributed by atoms with van der Waals surface area (Å²) in [5.74, 6) is 1.23. The molecule has 9 heteroatoms. The van der Waals surface area contributed by atoms with Gasteiger partial charge in [-0.2, -0.15) is 4.57 Å². The molecule has 1 aromatic heterocycles. The zero-order valence-electron chi connectivity index (χ0n) is 15.2. The molecule has 3 N–H and O–H groups in total. The van der Waals surface area contributed by atoms with Gasteiger partial charge in [-0.1, -0.05) is 0 Å². The predicted octanol–water partition coefficient (Wildman–Crippen LogP) is 2.12. The largest absolute Gasteiger partial charge is 0.750 e. The van der Waals surface area contributed by atoms with Crippen LogP contribution in [0.5, 0.6) is 23.0 Å². The van der Waals surface area contributed by atoms with Crippen LogP contribution in [0.2, 0.25) is 0 Å². The lowest BCUT2D eigenvalue weighted by Gasteiger charge is -2.17. The van der Waals surface area contributed by atoms with Crippen LogP contribution in [0.25, 0.3) is 22.0 Å². The maximum atomic E-state index is 9.87. The number of rotatable bonds is 2. The molecule has 0 fully saturated rings. The van der Waals surface area contributed by atoms with Crippen LogP contribution in [0.4, 0.5) is 0 Å². The maximum Gasteiger partial charge on any atom is 0.213 e. The van der Waals surface area contributed by atoms with E-state index in [1.54, 1.807) is 26.4 Å². The molecule has 0 spiro atoms. The first-order valence-corrected chi connectivity index (χ1v) is 9.30. The first-order valence-electron chi connectivity index (χ1n) is 8.27. The van der Waals surface area contributed by atoms with E-state index in [1.807, 2.05) is 12.1 Å². The molecule has 0 bridgehead atoms. The van der Waals surface area contributed by atoms with Gasteiger partial charge in [0.1, 0.15) is 0 Å². The normalized spacial score (nSPS) is 13.0. The topological polar surface area (TPSA) is 123 Å². The molecular weight excluding hydrogens is 386 g/mol. The first-order chi connectivity index (χ1) is 13.3. The molecule has 2 heterocycles. The van der Waals surface area contributed by atoms with Crippen molar-refractivity contribution < 1.29 is 37.6 Å². The highest BCUT2D eigenvalue weighted by Gasteiger charge is 2.26. The summed E-state index contributed by atoms with van der Waals surface area (Å²) in [7, 11) is 3.26. The van der Waals surface area contributed by atoms with Crippen LogP contribution >= 0.6 is 0 Å². The van der Waals surface area contributed by atoms with Crippen LogP contribution in [0.15, 0.2) is 36.5 Å². The Balaban J connectivity index is 0.000000516. The second kappa shape index (κ2) is 8.01. The Morgan fingerprint density at radius 3 is 2.43 bits per heavy atom. The van der Waals surface area contributed by atoms with Crippen LogP contribution in [-0.2, 0) is 24.3 Å². The average Bonchev–Trinajstić information content (AvgIpc) is 2.66. The van der Waals surface area contributed by atoms with Crippen molar-refractivity contribution in [1.82, 2.24) is 0 Å². The monoisotopic (exact) mass is 405 g/mol. The van der Waals surface area contributed by atoms with E-state index in [0.717, 1.165) is 40.6 Å². The number of ether oxygens (including phenoxy) is 2. The fraction of sp³-hybridized carbons (Fsp3) is 0.211. The summed E-state index contributed by atoms with van der Waals surface area (Å²) < 4.78 is 37.1. The highest BCUT2D eigenvalue weighted by molar-refractivity contribution is 7.73. The summed E-state index contributed by atoms with van der Waals surface area (Å²) in [6.07, 6.45) is 2.84. The lowest BCUT2D eigenvalue weighted by molar-refractivity contribution is -0.686. The quantitative estimate of drug-likeness (QED) is 0.339. The van der Waals surface area contributed by atoms with Crippen LogP contribution < -0.4 is 14.0 Å². The van der Waals surface area contributed by atoms with E-state index in [4.69, 9.17) is 22.8 Å². The van der Waals surface area contributed by atoms with E-state index in [2.05, 4.69) is 16.8 Å². The Bertz CT molecular complexity index is 1060. The van der Waals surface area contributed by atoms with Crippen molar-refractivity contribution in [3.05, 3.63) is 42.1 Å². The summed E-state index contributed by atoms with van der Waals surface area (Å²) in [4.78, 5) is 0. The van der Waals surface area contributed by atoms with Crippen molar-refractivity contribution in [3.63, 3.8) is 0 Å². The predicted molar refractivity (Wildman–Crippen MR) is 101 cm³/mol. The van der Waals surface area contributed by atoms with Crippen molar-refractivity contribution in [2.24, 2.45) is 0 Å². The van der Waals surface area contributed by atoms with Gasteiger partial charge in [0.15, 0.2) is 35.7 Å². The van der Waals surface area contributed by atoms with Gasteiger partial charge >= 0.3 is 0 Å². The number of hydrogen-bond donors (Lipinski definition) is 3. The molecule has 0 aliphatic carbocycles. The summed E-state index contributed by atoms with van der Waals surface area (Å²) in [5.41, 5.74) is 2.98. The average molecular weight is 405 g/mol. The molecule has 0 amide bonds. The van der Waals surface area contributed by atoms with E-state index in [9.17, 15) is 10.2 Å². The SMILES string of the molecule is COc1ccc2cc3[n+](cc2c1OC)CCc1cc(O)c(O)cc1-3.O=S([O-])O. The Hall–Kier alpha value is -2.88. The minimum atomic E-state index is -2.86. The van der Waals surface area contributed by atoms with Crippen LogP contribution in [-0.4, -0.2) is 37.7 Å². The molecule has 3 aromatic rings. The minimum Gasteiger partial charge on any atom is -0.750 e.